The summed E-state index contributed by atoms with van der Waals surface area (Å²) in [6, 6.07) is 19.5. The van der Waals surface area contributed by atoms with Crippen LogP contribution >= 0.6 is 0 Å². The Morgan fingerprint density at radius 1 is 1.08 bits per heavy atom. The zero-order chi connectivity index (χ0) is 26.1. The summed E-state index contributed by atoms with van der Waals surface area (Å²) in [5.74, 6) is -0.0857. The maximum Gasteiger partial charge on any atom is 0.267 e. The Labute approximate surface area is 213 Å². The SMILES string of the molecule is COCc1cccc(NC(=O)[C@@H]2CN(S(=O)(=O)c3ccc(C)cc3)c3cc(C(C)(C)C)ccc3O2)c1. The fourth-order valence-corrected chi connectivity index (χ4v) is 5.52. The zero-order valence-corrected chi connectivity index (χ0v) is 22.1. The van der Waals surface area contributed by atoms with Crippen LogP contribution in [0.3, 0.4) is 0 Å². The van der Waals surface area contributed by atoms with Crippen molar-refractivity contribution in [3.8, 4) is 5.75 Å². The van der Waals surface area contributed by atoms with Crippen LogP contribution in [0.1, 0.15) is 37.5 Å². The summed E-state index contributed by atoms with van der Waals surface area (Å²) in [4.78, 5) is 13.4. The lowest BCUT2D eigenvalue weighted by atomic mass is 9.86. The van der Waals surface area contributed by atoms with Gasteiger partial charge in [-0.15, -0.1) is 0 Å². The number of hydrogen-bond acceptors (Lipinski definition) is 5. The molecule has 0 fully saturated rings. The lowest BCUT2D eigenvalue weighted by Gasteiger charge is -2.36. The number of nitrogens with zero attached hydrogens (tertiary/aromatic N) is 1. The van der Waals surface area contributed by atoms with Crippen LogP contribution in [0, 0.1) is 6.92 Å². The lowest BCUT2D eigenvalue weighted by Crippen LogP contribution is -2.49. The van der Waals surface area contributed by atoms with Crippen molar-refractivity contribution in [3.05, 3.63) is 83.4 Å². The zero-order valence-electron chi connectivity index (χ0n) is 21.2. The highest BCUT2D eigenvalue weighted by atomic mass is 32.2. The Balaban J connectivity index is 1.71. The van der Waals surface area contributed by atoms with Crippen LogP contribution in [-0.4, -0.2) is 34.1 Å². The maximum absolute atomic E-state index is 13.8. The largest absolute Gasteiger partial charge is 0.476 e. The van der Waals surface area contributed by atoms with Crippen molar-refractivity contribution in [2.24, 2.45) is 0 Å². The van der Waals surface area contributed by atoms with E-state index in [4.69, 9.17) is 9.47 Å². The summed E-state index contributed by atoms with van der Waals surface area (Å²) >= 11 is 0. The van der Waals surface area contributed by atoms with Gasteiger partial charge in [0.2, 0.25) is 0 Å². The van der Waals surface area contributed by atoms with Gasteiger partial charge in [0, 0.05) is 12.8 Å². The summed E-state index contributed by atoms with van der Waals surface area (Å²) in [5, 5.41) is 2.86. The van der Waals surface area contributed by atoms with E-state index in [1.54, 1.807) is 43.5 Å². The van der Waals surface area contributed by atoms with Crippen LogP contribution in [0.2, 0.25) is 0 Å². The van der Waals surface area contributed by atoms with Gasteiger partial charge in [0.15, 0.2) is 6.10 Å². The quantitative estimate of drug-likeness (QED) is 0.505. The summed E-state index contributed by atoms with van der Waals surface area (Å²) < 4.78 is 40.1. The molecule has 0 bridgehead atoms. The molecule has 0 aromatic heterocycles. The number of sulfonamides is 1. The van der Waals surface area contributed by atoms with Gasteiger partial charge in [-0.25, -0.2) is 8.42 Å². The Morgan fingerprint density at radius 2 is 1.81 bits per heavy atom. The van der Waals surface area contributed by atoms with Crippen molar-refractivity contribution in [1.82, 2.24) is 0 Å². The monoisotopic (exact) mass is 508 g/mol. The number of carbonyl (C=O) groups is 1. The molecular weight excluding hydrogens is 476 g/mol. The number of benzene rings is 3. The van der Waals surface area contributed by atoms with Crippen LogP contribution in [0.5, 0.6) is 5.75 Å². The van der Waals surface area contributed by atoms with Crippen LogP contribution < -0.4 is 14.4 Å². The van der Waals surface area contributed by atoms with E-state index >= 15 is 0 Å². The Kier molecular flexibility index (Phi) is 7.11. The normalized spacial score (nSPS) is 15.7. The summed E-state index contributed by atoms with van der Waals surface area (Å²) in [6.45, 7) is 8.34. The Hall–Kier alpha value is -3.36. The molecule has 1 N–H and O–H groups in total. The summed E-state index contributed by atoms with van der Waals surface area (Å²) in [5.41, 5.74) is 3.64. The first-order valence-electron chi connectivity index (χ1n) is 11.8. The van der Waals surface area contributed by atoms with E-state index in [2.05, 4.69) is 26.1 Å². The van der Waals surface area contributed by atoms with Crippen LogP contribution in [0.25, 0.3) is 0 Å². The second kappa shape index (κ2) is 9.95. The third kappa shape index (κ3) is 5.39. The van der Waals surface area contributed by atoms with E-state index in [1.165, 1.54) is 4.31 Å². The van der Waals surface area contributed by atoms with Crippen LogP contribution in [0.15, 0.2) is 71.6 Å². The van der Waals surface area contributed by atoms with E-state index in [0.717, 1.165) is 16.7 Å². The number of rotatable bonds is 6. The van der Waals surface area contributed by atoms with E-state index < -0.39 is 22.0 Å². The number of ether oxygens (including phenoxy) is 2. The Bertz CT molecular complexity index is 1360. The molecule has 7 nitrogen and oxygen atoms in total. The minimum Gasteiger partial charge on any atom is -0.476 e. The van der Waals surface area contributed by atoms with Crippen molar-refractivity contribution in [3.63, 3.8) is 0 Å². The molecule has 1 atom stereocenters. The Morgan fingerprint density at radius 3 is 2.47 bits per heavy atom. The van der Waals surface area contributed by atoms with Crippen molar-refractivity contribution in [2.75, 3.05) is 23.3 Å². The predicted octanol–water partition coefficient (Wildman–Crippen LogP) is 5.03. The van der Waals surface area contributed by atoms with Gasteiger partial charge in [-0.3, -0.25) is 9.10 Å². The highest BCUT2D eigenvalue weighted by Gasteiger charge is 2.38. The first-order chi connectivity index (χ1) is 17.0. The van der Waals surface area contributed by atoms with E-state index in [0.29, 0.717) is 23.7 Å². The second-order valence-electron chi connectivity index (χ2n) is 10.0. The third-order valence-electron chi connectivity index (χ3n) is 6.10. The molecule has 0 aliphatic carbocycles. The van der Waals surface area contributed by atoms with Crippen molar-refractivity contribution in [1.29, 1.82) is 0 Å². The molecule has 8 heteroatoms. The number of aryl methyl sites for hydroxylation is 1. The van der Waals surface area contributed by atoms with E-state index in [9.17, 15) is 13.2 Å². The number of hydrogen-bond donors (Lipinski definition) is 1. The van der Waals surface area contributed by atoms with Gasteiger partial charge >= 0.3 is 0 Å². The van der Waals surface area contributed by atoms with Gasteiger partial charge in [0.25, 0.3) is 15.9 Å². The minimum atomic E-state index is -3.95. The molecule has 0 unspecified atom stereocenters. The first-order valence-corrected chi connectivity index (χ1v) is 13.2. The molecule has 36 heavy (non-hydrogen) atoms. The lowest BCUT2D eigenvalue weighted by molar-refractivity contribution is -0.122. The number of carbonyl (C=O) groups excluding carboxylic acids is 1. The summed E-state index contributed by atoms with van der Waals surface area (Å²) in [6.07, 6.45) is -1.04. The van der Waals surface area contributed by atoms with E-state index in [-0.39, 0.29) is 16.9 Å². The number of anilines is 2. The first kappa shape index (κ1) is 25.7. The number of methoxy groups -OCH3 is 1. The molecule has 1 heterocycles. The highest BCUT2D eigenvalue weighted by Crippen LogP contribution is 2.40. The van der Waals surface area contributed by atoms with Gasteiger partial charge in [-0.05, 0) is 59.9 Å². The number of amides is 1. The van der Waals surface area contributed by atoms with Gasteiger partial charge in [0.05, 0.1) is 23.7 Å². The summed E-state index contributed by atoms with van der Waals surface area (Å²) in [7, 11) is -2.35. The molecule has 3 aromatic carbocycles. The van der Waals surface area contributed by atoms with Gasteiger partial charge in [0.1, 0.15) is 5.75 Å². The fraction of sp³-hybridized carbons (Fsp3) is 0.321. The maximum atomic E-state index is 13.8. The number of fused-ring (bicyclic) bond motifs is 1. The predicted molar refractivity (Wildman–Crippen MR) is 141 cm³/mol. The average molecular weight is 509 g/mol. The highest BCUT2D eigenvalue weighted by molar-refractivity contribution is 7.92. The standard InChI is InChI=1S/C28H32N2O5S/c1-19-9-12-23(13-10-19)36(32,33)30-17-26(27(31)29-22-8-6-7-20(15-22)18-34-5)35-25-14-11-21(16-24(25)30)28(2,3)4/h6-16,26H,17-18H2,1-5H3,(H,29,31)/t26-/m0/s1. The molecule has 0 radical (unpaired) electrons. The molecule has 0 saturated heterocycles. The minimum absolute atomic E-state index is 0.152. The molecule has 4 rings (SSSR count). The third-order valence-corrected chi connectivity index (χ3v) is 7.90. The van der Waals surface area contributed by atoms with Gasteiger partial charge in [-0.1, -0.05) is 56.7 Å². The van der Waals surface area contributed by atoms with E-state index in [1.807, 2.05) is 37.3 Å². The van der Waals surface area contributed by atoms with Crippen molar-refractivity contribution >= 4 is 27.3 Å². The molecule has 1 amide bonds. The van der Waals surface area contributed by atoms with Crippen LogP contribution in [-0.2, 0) is 31.6 Å². The molecule has 0 saturated carbocycles. The fourth-order valence-electron chi connectivity index (χ4n) is 4.05. The molecule has 190 valence electrons. The topological polar surface area (TPSA) is 84.9 Å². The molecule has 1 aliphatic heterocycles. The number of nitrogens with one attached hydrogen (secondary N) is 1. The smallest absolute Gasteiger partial charge is 0.267 e. The average Bonchev–Trinajstić information content (AvgIpc) is 2.83. The second-order valence-corrected chi connectivity index (χ2v) is 11.9. The molecular formula is C28H32N2O5S. The van der Waals surface area contributed by atoms with Crippen molar-refractivity contribution < 1.29 is 22.7 Å². The molecule has 0 spiro atoms. The molecule has 1 aliphatic rings. The van der Waals surface area contributed by atoms with Gasteiger partial charge in [-0.2, -0.15) is 0 Å². The van der Waals surface area contributed by atoms with Gasteiger partial charge < -0.3 is 14.8 Å². The van der Waals surface area contributed by atoms with Crippen LogP contribution in [0.4, 0.5) is 11.4 Å². The molecule has 3 aromatic rings. The van der Waals surface area contributed by atoms with Crippen molar-refractivity contribution in [2.45, 2.75) is 50.7 Å².